The van der Waals surface area contributed by atoms with Gasteiger partial charge in [0, 0.05) is 29.8 Å². The van der Waals surface area contributed by atoms with Crippen molar-refractivity contribution < 1.29 is 14.7 Å². The summed E-state index contributed by atoms with van der Waals surface area (Å²) in [6.07, 6.45) is 2.41. The topological polar surface area (TPSA) is 62.5 Å². The molecule has 2 heterocycles. The Morgan fingerprint density at radius 1 is 1.47 bits per heavy atom. The Morgan fingerprint density at radius 3 is 2.68 bits per heavy atom. The summed E-state index contributed by atoms with van der Waals surface area (Å²) in [5.41, 5.74) is 0.605. The van der Waals surface area contributed by atoms with Gasteiger partial charge in [-0.05, 0) is 42.3 Å². The third-order valence-corrected chi connectivity index (χ3v) is 3.85. The van der Waals surface area contributed by atoms with E-state index >= 15 is 0 Å². The number of nitrogens with zero attached hydrogens (tertiary/aromatic N) is 2. The van der Waals surface area contributed by atoms with Crippen molar-refractivity contribution in [2.45, 2.75) is 26.3 Å². The number of likely N-dealkylation sites (tertiary alicyclic amines) is 1. The minimum absolute atomic E-state index is 0.0943. The van der Waals surface area contributed by atoms with E-state index in [2.05, 4.69) is 15.9 Å². The molecular weight excluding hydrogens is 312 g/mol. The van der Waals surface area contributed by atoms with E-state index in [1.807, 2.05) is 24.6 Å². The van der Waals surface area contributed by atoms with Gasteiger partial charge in [-0.1, -0.05) is 0 Å². The molecule has 1 amide bonds. The molecule has 1 unspecified atom stereocenters. The first-order valence-corrected chi connectivity index (χ1v) is 7.09. The van der Waals surface area contributed by atoms with Crippen LogP contribution < -0.4 is 0 Å². The zero-order valence-electron chi connectivity index (χ0n) is 11.0. The zero-order valence-corrected chi connectivity index (χ0v) is 12.6. The predicted octanol–water partition coefficient (Wildman–Crippen LogP) is 2.38. The van der Waals surface area contributed by atoms with Crippen molar-refractivity contribution in [1.29, 1.82) is 0 Å². The van der Waals surface area contributed by atoms with Crippen molar-refractivity contribution in [3.05, 3.63) is 22.4 Å². The van der Waals surface area contributed by atoms with Crippen LogP contribution in [0.15, 0.2) is 16.7 Å². The minimum Gasteiger partial charge on any atom is -0.481 e. The Morgan fingerprint density at radius 2 is 2.16 bits per heavy atom. The molecular formula is C13H17BrN2O3. The van der Waals surface area contributed by atoms with Gasteiger partial charge in [-0.15, -0.1) is 0 Å². The molecule has 0 aliphatic carbocycles. The van der Waals surface area contributed by atoms with Crippen LogP contribution in [0.4, 0.5) is 0 Å². The normalized spacial score (nSPS) is 19.2. The van der Waals surface area contributed by atoms with Gasteiger partial charge in [-0.3, -0.25) is 9.59 Å². The maximum Gasteiger partial charge on any atom is 0.308 e. The molecule has 0 bridgehead atoms. The van der Waals surface area contributed by atoms with E-state index in [-0.39, 0.29) is 11.9 Å². The first kappa shape index (κ1) is 14.1. The van der Waals surface area contributed by atoms with Gasteiger partial charge in [0.2, 0.25) is 0 Å². The average Bonchev–Trinajstić information content (AvgIpc) is 2.94. The number of aliphatic carboxylic acids is 1. The summed E-state index contributed by atoms with van der Waals surface area (Å²) in [6.45, 7) is 4.83. The van der Waals surface area contributed by atoms with Crippen molar-refractivity contribution in [2.24, 2.45) is 5.92 Å². The molecule has 6 heteroatoms. The van der Waals surface area contributed by atoms with E-state index in [1.165, 1.54) is 0 Å². The quantitative estimate of drug-likeness (QED) is 0.926. The van der Waals surface area contributed by atoms with Gasteiger partial charge in [0.05, 0.1) is 5.92 Å². The summed E-state index contributed by atoms with van der Waals surface area (Å²) in [4.78, 5) is 25.0. The van der Waals surface area contributed by atoms with Crippen LogP contribution in [0.2, 0.25) is 0 Å². The number of carboxylic acids is 1. The third kappa shape index (κ3) is 2.83. The van der Waals surface area contributed by atoms with Crippen LogP contribution in [0, 0.1) is 5.92 Å². The molecule has 0 saturated carbocycles. The fraction of sp³-hybridized carbons (Fsp3) is 0.538. The zero-order chi connectivity index (χ0) is 14.2. The lowest BCUT2D eigenvalue weighted by Gasteiger charge is -2.18. The first-order chi connectivity index (χ1) is 8.90. The van der Waals surface area contributed by atoms with Crippen molar-refractivity contribution in [1.82, 2.24) is 9.47 Å². The van der Waals surface area contributed by atoms with Gasteiger partial charge < -0.3 is 14.6 Å². The van der Waals surface area contributed by atoms with E-state index in [4.69, 9.17) is 5.11 Å². The van der Waals surface area contributed by atoms with E-state index in [0.29, 0.717) is 25.2 Å². The Kier molecular flexibility index (Phi) is 3.99. The summed E-state index contributed by atoms with van der Waals surface area (Å²) in [5.74, 6) is -1.35. The standard InChI is InChI=1S/C13H17BrN2O3/c1-8(2)16-7-10(14)5-11(16)12(17)15-4-3-9(6-15)13(18)19/h5,7-9H,3-4,6H2,1-2H3,(H,18,19). The number of hydrogen-bond donors (Lipinski definition) is 1. The molecule has 1 fully saturated rings. The Hall–Kier alpha value is -1.30. The Bertz CT molecular complexity index is 510. The summed E-state index contributed by atoms with van der Waals surface area (Å²) in [7, 11) is 0. The molecule has 1 aromatic heterocycles. The maximum atomic E-state index is 12.4. The number of amides is 1. The van der Waals surface area contributed by atoms with Crippen molar-refractivity contribution in [3.8, 4) is 0 Å². The lowest BCUT2D eigenvalue weighted by molar-refractivity contribution is -0.141. The van der Waals surface area contributed by atoms with Gasteiger partial charge in [0.15, 0.2) is 0 Å². The lowest BCUT2D eigenvalue weighted by Crippen LogP contribution is -2.31. The maximum absolute atomic E-state index is 12.4. The molecule has 1 aliphatic rings. The summed E-state index contributed by atoms with van der Waals surface area (Å²) in [6, 6.07) is 1.97. The van der Waals surface area contributed by atoms with Crippen molar-refractivity contribution in [2.75, 3.05) is 13.1 Å². The van der Waals surface area contributed by atoms with Crippen molar-refractivity contribution in [3.63, 3.8) is 0 Å². The van der Waals surface area contributed by atoms with Crippen LogP contribution in [0.5, 0.6) is 0 Å². The highest BCUT2D eigenvalue weighted by Crippen LogP contribution is 2.24. The number of carbonyl (C=O) groups excluding carboxylic acids is 1. The van der Waals surface area contributed by atoms with E-state index < -0.39 is 11.9 Å². The number of rotatable bonds is 3. The highest BCUT2D eigenvalue weighted by atomic mass is 79.9. The highest BCUT2D eigenvalue weighted by Gasteiger charge is 2.32. The van der Waals surface area contributed by atoms with Gasteiger partial charge in [0.25, 0.3) is 5.91 Å². The predicted molar refractivity (Wildman–Crippen MR) is 74.2 cm³/mol. The van der Waals surface area contributed by atoms with Gasteiger partial charge >= 0.3 is 5.97 Å². The largest absolute Gasteiger partial charge is 0.481 e. The summed E-state index contributed by atoms with van der Waals surface area (Å²) >= 11 is 3.38. The molecule has 1 aliphatic heterocycles. The Labute approximate surface area is 120 Å². The molecule has 2 rings (SSSR count). The van der Waals surface area contributed by atoms with Crippen molar-refractivity contribution >= 4 is 27.8 Å². The average molecular weight is 329 g/mol. The number of hydrogen-bond acceptors (Lipinski definition) is 2. The van der Waals surface area contributed by atoms with Crippen LogP contribution in [-0.2, 0) is 4.79 Å². The van der Waals surface area contributed by atoms with Crippen LogP contribution in [-0.4, -0.2) is 39.5 Å². The molecule has 104 valence electrons. The Balaban J connectivity index is 2.19. The highest BCUT2D eigenvalue weighted by molar-refractivity contribution is 9.10. The van der Waals surface area contributed by atoms with E-state index in [0.717, 1.165) is 4.47 Å². The third-order valence-electron chi connectivity index (χ3n) is 3.42. The van der Waals surface area contributed by atoms with E-state index in [1.54, 1.807) is 11.0 Å². The van der Waals surface area contributed by atoms with Crippen LogP contribution in [0.1, 0.15) is 36.8 Å². The fourth-order valence-electron chi connectivity index (χ4n) is 2.35. The number of halogens is 1. The van der Waals surface area contributed by atoms with E-state index in [9.17, 15) is 9.59 Å². The second-order valence-electron chi connectivity index (χ2n) is 5.12. The molecule has 0 radical (unpaired) electrons. The van der Waals surface area contributed by atoms with Crippen LogP contribution >= 0.6 is 15.9 Å². The molecule has 19 heavy (non-hydrogen) atoms. The van der Waals surface area contributed by atoms with Gasteiger partial charge in [-0.2, -0.15) is 0 Å². The van der Waals surface area contributed by atoms with Gasteiger partial charge in [0.1, 0.15) is 5.69 Å². The SMILES string of the molecule is CC(C)n1cc(Br)cc1C(=O)N1CCC(C(=O)O)C1. The second kappa shape index (κ2) is 5.36. The van der Waals surface area contributed by atoms with Gasteiger partial charge in [-0.25, -0.2) is 0 Å². The monoisotopic (exact) mass is 328 g/mol. The second-order valence-corrected chi connectivity index (χ2v) is 6.04. The van der Waals surface area contributed by atoms with Crippen LogP contribution in [0.25, 0.3) is 0 Å². The first-order valence-electron chi connectivity index (χ1n) is 6.29. The summed E-state index contributed by atoms with van der Waals surface area (Å²) in [5, 5.41) is 8.98. The molecule has 1 atom stereocenters. The number of carbonyl (C=O) groups is 2. The molecule has 1 saturated heterocycles. The number of aromatic nitrogens is 1. The molecule has 1 N–H and O–H groups in total. The molecule has 5 nitrogen and oxygen atoms in total. The summed E-state index contributed by atoms with van der Waals surface area (Å²) < 4.78 is 2.76. The smallest absolute Gasteiger partial charge is 0.308 e. The van der Waals surface area contributed by atoms with Crippen LogP contribution in [0.3, 0.4) is 0 Å². The lowest BCUT2D eigenvalue weighted by atomic mass is 10.1. The minimum atomic E-state index is -0.823. The number of carboxylic acid groups (broad SMARTS) is 1. The molecule has 0 aromatic carbocycles. The fourth-order valence-corrected chi connectivity index (χ4v) is 2.79. The molecule has 1 aromatic rings. The molecule has 0 spiro atoms.